The van der Waals surface area contributed by atoms with Crippen molar-refractivity contribution in [1.82, 2.24) is 4.90 Å². The van der Waals surface area contributed by atoms with Crippen molar-refractivity contribution in [2.75, 3.05) is 20.2 Å². The highest BCUT2D eigenvalue weighted by molar-refractivity contribution is 5.85. The van der Waals surface area contributed by atoms with E-state index < -0.39 is 0 Å². The van der Waals surface area contributed by atoms with Crippen LogP contribution < -0.4 is 10.5 Å². The summed E-state index contributed by atoms with van der Waals surface area (Å²) in [5, 5.41) is 0. The first-order valence-corrected chi connectivity index (χ1v) is 7.85. The summed E-state index contributed by atoms with van der Waals surface area (Å²) in [5.74, 6) is 0.943. The predicted octanol–water partition coefficient (Wildman–Crippen LogP) is 2.83. The molecule has 1 aliphatic rings. The van der Waals surface area contributed by atoms with E-state index >= 15 is 0 Å². The van der Waals surface area contributed by atoms with Crippen molar-refractivity contribution in [2.45, 2.75) is 51.5 Å². The molecule has 1 fully saturated rings. The van der Waals surface area contributed by atoms with Crippen molar-refractivity contribution in [3.63, 3.8) is 0 Å². The van der Waals surface area contributed by atoms with Crippen LogP contribution in [0.25, 0.3) is 0 Å². The number of nitrogens with zero attached hydrogens (tertiary/aromatic N) is 1. The first kappa shape index (κ1) is 19.2. The Bertz CT molecular complexity index is 442. The van der Waals surface area contributed by atoms with Crippen LogP contribution in [-0.4, -0.2) is 43.3 Å². The number of rotatable bonds is 6. The van der Waals surface area contributed by atoms with Crippen LogP contribution in [-0.2, 0) is 11.3 Å². The van der Waals surface area contributed by atoms with Gasteiger partial charge in [0, 0.05) is 32.8 Å². The second-order valence-corrected chi connectivity index (χ2v) is 6.06. The number of likely N-dealkylation sites (tertiary alicyclic amines) is 1. The van der Waals surface area contributed by atoms with Crippen molar-refractivity contribution in [1.29, 1.82) is 0 Å². The Kier molecular flexibility index (Phi) is 8.18. The maximum atomic E-state index is 5.94. The molecule has 2 rings (SSSR count). The van der Waals surface area contributed by atoms with E-state index in [0.29, 0.717) is 18.7 Å². The molecule has 126 valence electrons. The van der Waals surface area contributed by atoms with Crippen LogP contribution in [0.5, 0.6) is 5.75 Å². The molecule has 1 aromatic carbocycles. The van der Waals surface area contributed by atoms with Gasteiger partial charge in [0.05, 0.1) is 12.2 Å². The smallest absolute Gasteiger partial charge is 0.120 e. The second kappa shape index (κ2) is 9.36. The Hall–Kier alpha value is -0.810. The van der Waals surface area contributed by atoms with E-state index in [0.717, 1.165) is 31.7 Å². The van der Waals surface area contributed by atoms with Crippen LogP contribution in [0.15, 0.2) is 24.3 Å². The minimum Gasteiger partial charge on any atom is -0.491 e. The van der Waals surface area contributed by atoms with Crippen LogP contribution >= 0.6 is 12.4 Å². The maximum Gasteiger partial charge on any atom is 0.120 e. The zero-order valence-corrected chi connectivity index (χ0v) is 14.6. The lowest BCUT2D eigenvalue weighted by molar-refractivity contribution is 0.0102. The zero-order chi connectivity index (χ0) is 15.2. The molecule has 0 spiro atoms. The molecule has 1 aliphatic heterocycles. The van der Waals surface area contributed by atoms with Crippen LogP contribution in [0, 0.1) is 0 Å². The van der Waals surface area contributed by atoms with E-state index in [2.05, 4.69) is 23.1 Å². The fraction of sp³-hybridized carbons (Fsp3) is 0.647. The van der Waals surface area contributed by atoms with E-state index in [1.54, 1.807) is 7.11 Å². The van der Waals surface area contributed by atoms with E-state index in [1.165, 1.54) is 5.56 Å². The van der Waals surface area contributed by atoms with Gasteiger partial charge in [0.15, 0.2) is 0 Å². The van der Waals surface area contributed by atoms with Crippen molar-refractivity contribution in [2.24, 2.45) is 5.73 Å². The summed E-state index contributed by atoms with van der Waals surface area (Å²) in [6.45, 7) is 6.74. The molecular formula is C17H29ClN2O2. The first-order chi connectivity index (χ1) is 10.1. The average molecular weight is 329 g/mol. The lowest BCUT2D eigenvalue weighted by Crippen LogP contribution is -2.47. The number of hydrogen-bond acceptors (Lipinski definition) is 4. The van der Waals surface area contributed by atoms with Crippen molar-refractivity contribution >= 4 is 12.4 Å². The monoisotopic (exact) mass is 328 g/mol. The highest BCUT2D eigenvalue weighted by Crippen LogP contribution is 2.23. The third-order valence-electron chi connectivity index (χ3n) is 4.05. The Morgan fingerprint density at radius 2 is 2.14 bits per heavy atom. The highest BCUT2D eigenvalue weighted by Gasteiger charge is 2.27. The summed E-state index contributed by atoms with van der Waals surface area (Å²) >= 11 is 0. The molecule has 1 saturated heterocycles. The highest BCUT2D eigenvalue weighted by atomic mass is 35.5. The van der Waals surface area contributed by atoms with Gasteiger partial charge in [-0.05, 0) is 44.4 Å². The molecule has 2 unspecified atom stereocenters. The van der Waals surface area contributed by atoms with E-state index in [-0.39, 0.29) is 18.5 Å². The molecule has 4 nitrogen and oxygen atoms in total. The minimum atomic E-state index is 0. The molecule has 2 atom stereocenters. The van der Waals surface area contributed by atoms with Crippen molar-refractivity contribution < 1.29 is 9.47 Å². The molecule has 0 radical (unpaired) electrons. The van der Waals surface area contributed by atoms with E-state index in [9.17, 15) is 0 Å². The second-order valence-electron chi connectivity index (χ2n) is 6.06. The van der Waals surface area contributed by atoms with Crippen molar-refractivity contribution in [3.8, 4) is 5.75 Å². The first-order valence-electron chi connectivity index (χ1n) is 7.85. The molecule has 0 aromatic heterocycles. The minimum absolute atomic E-state index is 0. The van der Waals surface area contributed by atoms with Gasteiger partial charge >= 0.3 is 0 Å². The molecule has 2 N–H and O–H groups in total. The fourth-order valence-electron chi connectivity index (χ4n) is 2.95. The maximum absolute atomic E-state index is 5.94. The molecule has 0 saturated carbocycles. The number of piperidine rings is 1. The van der Waals surface area contributed by atoms with Gasteiger partial charge in [-0.3, -0.25) is 4.90 Å². The van der Waals surface area contributed by atoms with Gasteiger partial charge in [-0.15, -0.1) is 12.4 Å². The molecule has 0 aliphatic carbocycles. The van der Waals surface area contributed by atoms with Gasteiger partial charge in [0.2, 0.25) is 0 Å². The summed E-state index contributed by atoms with van der Waals surface area (Å²) in [7, 11) is 1.79. The molecule has 5 heteroatoms. The van der Waals surface area contributed by atoms with E-state index in [1.807, 2.05) is 19.9 Å². The quantitative estimate of drug-likeness (QED) is 0.872. The molecular weight excluding hydrogens is 300 g/mol. The summed E-state index contributed by atoms with van der Waals surface area (Å²) < 4.78 is 11.3. The number of ether oxygens (including phenoxy) is 2. The van der Waals surface area contributed by atoms with Crippen LogP contribution in [0.3, 0.4) is 0 Å². The standard InChI is InChI=1S/C17H28N2O2.ClH/c1-13(2)21-17-6-4-5-14(9-17)12-19-8-7-16(20-3)10-15(19)11-18;/h4-6,9,13,15-16H,7-8,10-12,18H2,1-3H3;1H. The third kappa shape index (κ3) is 5.43. The summed E-state index contributed by atoms with van der Waals surface area (Å²) in [4.78, 5) is 2.46. The Morgan fingerprint density at radius 3 is 2.77 bits per heavy atom. The Labute approximate surface area is 140 Å². The Morgan fingerprint density at radius 1 is 1.36 bits per heavy atom. The van der Waals surface area contributed by atoms with Crippen LogP contribution in [0.2, 0.25) is 0 Å². The number of halogens is 1. The van der Waals surface area contributed by atoms with Gasteiger partial charge in [-0.2, -0.15) is 0 Å². The summed E-state index contributed by atoms with van der Waals surface area (Å²) in [6.07, 6.45) is 2.66. The van der Waals surface area contributed by atoms with Gasteiger partial charge in [0.25, 0.3) is 0 Å². The number of hydrogen-bond donors (Lipinski definition) is 1. The fourth-order valence-corrected chi connectivity index (χ4v) is 2.95. The number of nitrogens with two attached hydrogens (primary N) is 1. The molecule has 1 heterocycles. The molecule has 0 amide bonds. The molecule has 0 bridgehead atoms. The molecule has 1 aromatic rings. The molecule has 22 heavy (non-hydrogen) atoms. The van der Waals surface area contributed by atoms with Crippen LogP contribution in [0.1, 0.15) is 32.3 Å². The average Bonchev–Trinajstić information content (AvgIpc) is 2.47. The SMILES string of the molecule is COC1CCN(Cc2cccc(OC(C)C)c2)C(CN)C1.Cl. The van der Waals surface area contributed by atoms with Gasteiger partial charge in [-0.1, -0.05) is 12.1 Å². The van der Waals surface area contributed by atoms with Crippen LogP contribution in [0.4, 0.5) is 0 Å². The van der Waals surface area contributed by atoms with Gasteiger partial charge < -0.3 is 15.2 Å². The summed E-state index contributed by atoms with van der Waals surface area (Å²) in [6, 6.07) is 8.77. The topological polar surface area (TPSA) is 47.7 Å². The zero-order valence-electron chi connectivity index (χ0n) is 13.8. The summed E-state index contributed by atoms with van der Waals surface area (Å²) in [5.41, 5.74) is 7.22. The van der Waals surface area contributed by atoms with Gasteiger partial charge in [-0.25, -0.2) is 0 Å². The predicted molar refractivity (Wildman–Crippen MR) is 92.7 cm³/mol. The number of benzene rings is 1. The lowest BCUT2D eigenvalue weighted by atomic mass is 9.98. The lowest BCUT2D eigenvalue weighted by Gasteiger charge is -2.38. The normalized spacial score (nSPS) is 22.4. The Balaban J connectivity index is 0.00000242. The van der Waals surface area contributed by atoms with Gasteiger partial charge in [0.1, 0.15) is 5.75 Å². The van der Waals surface area contributed by atoms with Crippen molar-refractivity contribution in [3.05, 3.63) is 29.8 Å². The third-order valence-corrected chi connectivity index (χ3v) is 4.05. The van der Waals surface area contributed by atoms with E-state index in [4.69, 9.17) is 15.2 Å². The number of methoxy groups -OCH3 is 1. The largest absolute Gasteiger partial charge is 0.491 e.